The number of carbonyl (C=O) groups is 4. The number of ether oxygens (including phenoxy) is 4. The molecule has 3 N–H and O–H groups in total. The third kappa shape index (κ3) is 3.92. The molecule has 124 valence electrons. The largest absolute Gasteiger partial charge is 0.456 e. The van der Waals surface area contributed by atoms with Crippen molar-refractivity contribution in [1.82, 2.24) is 0 Å². The van der Waals surface area contributed by atoms with Crippen LogP contribution in [-0.4, -0.2) is 59.6 Å². The smallest absolute Gasteiger partial charge is 0.303 e. The molecule has 0 bridgehead atoms. The van der Waals surface area contributed by atoms with E-state index < -0.39 is 54.5 Å². The molecule has 1 aliphatic heterocycles. The highest BCUT2D eigenvalue weighted by Gasteiger charge is 2.59. The van der Waals surface area contributed by atoms with E-state index in [1.54, 1.807) is 0 Å². The highest BCUT2D eigenvalue weighted by Crippen LogP contribution is 2.30. The van der Waals surface area contributed by atoms with Gasteiger partial charge >= 0.3 is 17.9 Å². The summed E-state index contributed by atoms with van der Waals surface area (Å²) in [5.41, 5.74) is 5.05. The van der Waals surface area contributed by atoms with E-state index in [1.165, 1.54) is 0 Å². The van der Waals surface area contributed by atoms with E-state index in [-0.39, 0.29) is 0 Å². The molecule has 1 fully saturated rings. The molecule has 0 aromatic carbocycles. The fourth-order valence-corrected chi connectivity index (χ4v) is 1.98. The predicted molar refractivity (Wildman–Crippen MR) is 66.8 cm³/mol. The molecule has 0 radical (unpaired) electrons. The van der Waals surface area contributed by atoms with Gasteiger partial charge in [0.15, 0.2) is 12.2 Å². The fraction of sp³-hybridized carbons (Fsp3) is 0.667. The van der Waals surface area contributed by atoms with E-state index in [1.807, 2.05) is 0 Å². The number of rotatable bonds is 4. The fourth-order valence-electron chi connectivity index (χ4n) is 1.98. The van der Waals surface area contributed by atoms with Crippen LogP contribution in [0.25, 0.3) is 0 Å². The first kappa shape index (κ1) is 17.9. The molecular weight excluding hydrogens is 302 g/mol. The molecule has 1 amide bonds. The van der Waals surface area contributed by atoms with Gasteiger partial charge in [0.1, 0.15) is 0 Å². The number of carbonyl (C=O) groups excluding carboxylic acids is 4. The monoisotopic (exact) mass is 319 g/mol. The quantitative estimate of drug-likeness (QED) is 0.442. The first-order valence-corrected chi connectivity index (χ1v) is 6.25. The minimum Gasteiger partial charge on any atom is -0.456 e. The lowest BCUT2D eigenvalue weighted by molar-refractivity contribution is -0.308. The summed E-state index contributed by atoms with van der Waals surface area (Å²) in [6.45, 7) is 2.66. The van der Waals surface area contributed by atoms with Gasteiger partial charge in [-0.1, -0.05) is 0 Å². The van der Waals surface area contributed by atoms with Crippen molar-refractivity contribution < 1.29 is 43.2 Å². The van der Waals surface area contributed by atoms with Crippen LogP contribution in [0.4, 0.5) is 0 Å². The van der Waals surface area contributed by atoms with Crippen LogP contribution < -0.4 is 5.73 Å². The van der Waals surface area contributed by atoms with Crippen LogP contribution >= 0.6 is 0 Å². The van der Waals surface area contributed by atoms with E-state index in [0.717, 1.165) is 20.8 Å². The number of aliphatic hydroxyl groups is 1. The molecule has 0 aromatic heterocycles. The average Bonchev–Trinajstić information content (AvgIpc) is 2.35. The van der Waals surface area contributed by atoms with Gasteiger partial charge in [0.05, 0.1) is 6.61 Å². The highest BCUT2D eigenvalue weighted by molar-refractivity contribution is 5.83. The lowest BCUT2D eigenvalue weighted by Gasteiger charge is -2.43. The molecule has 1 aliphatic rings. The van der Waals surface area contributed by atoms with E-state index in [4.69, 9.17) is 24.7 Å². The van der Waals surface area contributed by atoms with Gasteiger partial charge in [-0.05, 0) is 0 Å². The Morgan fingerprint density at radius 3 is 1.95 bits per heavy atom. The number of amides is 1. The molecule has 10 nitrogen and oxygen atoms in total. The van der Waals surface area contributed by atoms with Gasteiger partial charge < -0.3 is 29.8 Å². The molecular formula is C12H17NO9. The molecule has 0 spiro atoms. The summed E-state index contributed by atoms with van der Waals surface area (Å²) < 4.78 is 19.5. The Labute approximate surface area is 125 Å². The van der Waals surface area contributed by atoms with Crippen LogP contribution in [0.1, 0.15) is 20.8 Å². The van der Waals surface area contributed by atoms with Crippen LogP contribution in [0.2, 0.25) is 0 Å². The summed E-state index contributed by atoms with van der Waals surface area (Å²) in [5, 5.41) is 10.2. The van der Waals surface area contributed by atoms with Gasteiger partial charge in [-0.2, -0.15) is 0 Å². The molecule has 22 heavy (non-hydrogen) atoms. The number of primary amides is 1. The molecule has 0 aliphatic carbocycles. The molecule has 0 aromatic rings. The summed E-state index contributed by atoms with van der Waals surface area (Å²) >= 11 is 0. The Balaban J connectivity index is 3.21. The average molecular weight is 319 g/mol. The van der Waals surface area contributed by atoms with Crippen molar-refractivity contribution in [3.8, 4) is 0 Å². The maximum atomic E-state index is 11.4. The summed E-state index contributed by atoms with van der Waals surface area (Å²) in [4.78, 5) is 44.9. The van der Waals surface area contributed by atoms with Gasteiger partial charge in [0.2, 0.25) is 6.10 Å². The molecule has 4 atom stereocenters. The molecule has 1 rings (SSSR count). The summed E-state index contributed by atoms with van der Waals surface area (Å²) in [5.74, 6) is -6.50. The van der Waals surface area contributed by atoms with Crippen LogP contribution in [0.5, 0.6) is 0 Å². The predicted octanol–water partition coefficient (Wildman–Crippen LogP) is -2.01. The van der Waals surface area contributed by atoms with Gasteiger partial charge in [0, 0.05) is 20.8 Å². The minimum absolute atomic E-state index is 0.491. The van der Waals surface area contributed by atoms with Crippen LogP contribution in [-0.2, 0) is 38.1 Å². The van der Waals surface area contributed by atoms with Crippen molar-refractivity contribution >= 4 is 23.8 Å². The zero-order valence-corrected chi connectivity index (χ0v) is 12.2. The van der Waals surface area contributed by atoms with E-state index in [9.17, 15) is 24.3 Å². The lowest BCUT2D eigenvalue weighted by atomic mass is 9.95. The van der Waals surface area contributed by atoms with Crippen LogP contribution in [0.15, 0.2) is 0 Å². The van der Waals surface area contributed by atoms with Crippen molar-refractivity contribution in [2.45, 2.75) is 44.9 Å². The lowest BCUT2D eigenvalue weighted by Crippen LogP contribution is -2.68. The second kappa shape index (κ2) is 6.71. The third-order valence-corrected chi connectivity index (χ3v) is 2.78. The van der Waals surface area contributed by atoms with Crippen molar-refractivity contribution in [2.24, 2.45) is 5.73 Å². The van der Waals surface area contributed by atoms with E-state index in [2.05, 4.69) is 0 Å². The first-order valence-electron chi connectivity index (χ1n) is 6.25. The summed E-state index contributed by atoms with van der Waals surface area (Å²) in [6, 6.07) is 0. The SMILES string of the molecule is CC(=O)O[C@@H]1[C@H](OC(C)=O)CO[C@@](O)(C(N)=O)[C@H]1OC(C)=O. The Morgan fingerprint density at radius 1 is 1.05 bits per heavy atom. The van der Waals surface area contributed by atoms with E-state index >= 15 is 0 Å². The Bertz CT molecular complexity index is 491. The van der Waals surface area contributed by atoms with Gasteiger partial charge in [0.25, 0.3) is 11.7 Å². The van der Waals surface area contributed by atoms with Gasteiger partial charge in [-0.3, -0.25) is 19.2 Å². The molecule has 1 saturated heterocycles. The third-order valence-electron chi connectivity index (χ3n) is 2.78. The Morgan fingerprint density at radius 2 is 1.55 bits per heavy atom. The zero-order valence-electron chi connectivity index (χ0n) is 12.2. The maximum Gasteiger partial charge on any atom is 0.303 e. The van der Waals surface area contributed by atoms with E-state index in [0.29, 0.717) is 0 Å². The van der Waals surface area contributed by atoms with Crippen molar-refractivity contribution in [3.63, 3.8) is 0 Å². The number of hydrogen-bond acceptors (Lipinski definition) is 9. The van der Waals surface area contributed by atoms with Gasteiger partial charge in [-0.25, -0.2) is 0 Å². The minimum atomic E-state index is -2.72. The first-order chi connectivity index (χ1) is 10.1. The zero-order chi connectivity index (χ0) is 17.1. The molecule has 0 saturated carbocycles. The maximum absolute atomic E-state index is 11.4. The van der Waals surface area contributed by atoms with Gasteiger partial charge in [-0.15, -0.1) is 0 Å². The number of nitrogens with two attached hydrogens (primary N) is 1. The second-order valence-electron chi connectivity index (χ2n) is 4.62. The van der Waals surface area contributed by atoms with Crippen LogP contribution in [0.3, 0.4) is 0 Å². The Kier molecular flexibility index (Phi) is 5.44. The molecule has 0 unspecified atom stereocenters. The second-order valence-corrected chi connectivity index (χ2v) is 4.62. The van der Waals surface area contributed by atoms with Crippen molar-refractivity contribution in [1.29, 1.82) is 0 Å². The number of hydrogen-bond donors (Lipinski definition) is 2. The number of esters is 3. The van der Waals surface area contributed by atoms with Crippen molar-refractivity contribution in [3.05, 3.63) is 0 Å². The molecule has 10 heteroatoms. The molecule has 1 heterocycles. The highest BCUT2D eigenvalue weighted by atomic mass is 16.7. The standard InChI is InChI=1S/C12H17NO9/c1-5(14)20-8-4-19-12(18,11(13)17)10(22-7(3)16)9(8)21-6(2)15/h8-10,18H,4H2,1-3H3,(H2,13,17)/t8-,9-,10+,12-/m1/s1. The topological polar surface area (TPSA) is 151 Å². The summed E-state index contributed by atoms with van der Waals surface area (Å²) in [6.07, 6.45) is -4.44. The van der Waals surface area contributed by atoms with Crippen molar-refractivity contribution in [2.75, 3.05) is 6.61 Å². The summed E-state index contributed by atoms with van der Waals surface area (Å²) in [7, 11) is 0. The normalized spacial score (nSPS) is 31.0. The van der Waals surface area contributed by atoms with Crippen LogP contribution in [0, 0.1) is 0 Å². The Hall–Kier alpha value is -2.20.